The lowest BCUT2D eigenvalue weighted by molar-refractivity contribution is -0.134. The largest absolute Gasteiger partial charge is 0.423 e. The van der Waals surface area contributed by atoms with E-state index in [4.69, 9.17) is 4.74 Å². The van der Waals surface area contributed by atoms with Gasteiger partial charge in [-0.2, -0.15) is 0 Å². The molecule has 0 heterocycles. The lowest BCUT2D eigenvalue weighted by Crippen LogP contribution is -2.06. The highest BCUT2D eigenvalue weighted by molar-refractivity contribution is 6.11. The Hall–Kier alpha value is -3.20. The van der Waals surface area contributed by atoms with Crippen molar-refractivity contribution in [1.29, 1.82) is 0 Å². The molecule has 2 aliphatic carbocycles. The van der Waals surface area contributed by atoms with Crippen molar-refractivity contribution in [3.8, 4) is 0 Å². The van der Waals surface area contributed by atoms with Crippen molar-refractivity contribution in [3.05, 3.63) is 106 Å². The summed E-state index contributed by atoms with van der Waals surface area (Å²) in [7, 11) is 0. The van der Waals surface area contributed by atoms with E-state index in [1.165, 1.54) is 0 Å². The van der Waals surface area contributed by atoms with Crippen LogP contribution in [-0.4, -0.2) is 11.8 Å². The second kappa shape index (κ2) is 8.45. The first-order valence-corrected chi connectivity index (χ1v) is 9.00. The molecule has 3 nitrogen and oxygen atoms in total. The molecule has 2 aliphatic rings. The quantitative estimate of drug-likeness (QED) is 0.540. The van der Waals surface area contributed by atoms with Crippen LogP contribution in [-0.2, 0) is 9.53 Å². The minimum absolute atomic E-state index is 0.0507. The van der Waals surface area contributed by atoms with Gasteiger partial charge in [0, 0.05) is 11.1 Å². The van der Waals surface area contributed by atoms with Crippen molar-refractivity contribution in [2.75, 3.05) is 0 Å². The van der Waals surface area contributed by atoms with Crippen LogP contribution in [0.15, 0.2) is 95.4 Å². The predicted octanol–water partition coefficient (Wildman–Crippen LogP) is 5.32. The van der Waals surface area contributed by atoms with E-state index in [1.807, 2.05) is 56.3 Å². The van der Waals surface area contributed by atoms with Gasteiger partial charge in [0.05, 0.1) is 5.57 Å². The minimum Gasteiger partial charge on any atom is -0.423 e. The molecular weight excluding hydrogens is 336 g/mol. The Labute approximate surface area is 159 Å². The van der Waals surface area contributed by atoms with E-state index in [9.17, 15) is 9.59 Å². The molecule has 0 bridgehead atoms. The number of hydrogen-bond acceptors (Lipinski definition) is 3. The Morgan fingerprint density at radius 2 is 1.44 bits per heavy atom. The van der Waals surface area contributed by atoms with E-state index in [0.717, 1.165) is 17.6 Å². The molecule has 0 fully saturated rings. The Bertz CT molecular complexity index is 932. The average Bonchev–Trinajstić information content (AvgIpc) is 3.02. The first-order chi connectivity index (χ1) is 13.0. The molecule has 0 aliphatic heterocycles. The van der Waals surface area contributed by atoms with Crippen LogP contribution in [0.3, 0.4) is 0 Å². The summed E-state index contributed by atoms with van der Waals surface area (Å²) < 4.78 is 5.48. The molecule has 136 valence electrons. The van der Waals surface area contributed by atoms with Crippen molar-refractivity contribution in [1.82, 2.24) is 0 Å². The Balaban J connectivity index is 1.67. The third kappa shape index (κ3) is 4.91. The predicted molar refractivity (Wildman–Crippen MR) is 107 cm³/mol. The molecule has 0 atom stereocenters. The molecule has 0 saturated heterocycles. The van der Waals surface area contributed by atoms with E-state index in [1.54, 1.807) is 24.3 Å². The maximum Gasteiger partial charge on any atom is 0.343 e. The highest BCUT2D eigenvalue weighted by atomic mass is 16.5. The van der Waals surface area contributed by atoms with Gasteiger partial charge in [-0.05, 0) is 44.9 Å². The first-order valence-electron chi connectivity index (χ1n) is 9.00. The third-order valence-electron chi connectivity index (χ3n) is 4.41. The van der Waals surface area contributed by atoms with Crippen LogP contribution in [0.1, 0.15) is 35.7 Å². The summed E-state index contributed by atoms with van der Waals surface area (Å²) in [4.78, 5) is 25.1. The number of esters is 1. The van der Waals surface area contributed by atoms with Crippen LogP contribution in [0.4, 0.5) is 0 Å². The van der Waals surface area contributed by atoms with Gasteiger partial charge in [0.2, 0.25) is 0 Å². The molecule has 0 amide bonds. The standard InChI is InChI=1S/C24H22O3/c1-17-5-3-8-22(16-11-17)27-24(26)21-7-4-6-19(14-15-21)23(25)20-12-9-18(2)10-13-20/h5-16H,3-4H2,1-2H3. The summed E-state index contributed by atoms with van der Waals surface area (Å²) in [6, 6.07) is 7.47. The fraction of sp³-hybridized carbons (Fsp3) is 0.167. The maximum atomic E-state index is 12.6. The van der Waals surface area contributed by atoms with Gasteiger partial charge in [-0.1, -0.05) is 65.8 Å². The molecular formula is C24H22O3. The monoisotopic (exact) mass is 358 g/mol. The van der Waals surface area contributed by atoms with Gasteiger partial charge in [-0.15, -0.1) is 0 Å². The van der Waals surface area contributed by atoms with Crippen molar-refractivity contribution < 1.29 is 14.3 Å². The molecule has 0 aromatic heterocycles. The van der Waals surface area contributed by atoms with Gasteiger partial charge in [-0.3, -0.25) is 4.79 Å². The molecule has 1 aromatic rings. The number of ketones is 1. The summed E-state index contributed by atoms with van der Waals surface area (Å²) in [5.74, 6) is 0.0694. The van der Waals surface area contributed by atoms with Crippen LogP contribution in [0.5, 0.6) is 0 Å². The Morgan fingerprint density at radius 1 is 0.778 bits per heavy atom. The van der Waals surface area contributed by atoms with Crippen LogP contribution in [0.2, 0.25) is 0 Å². The Kier molecular flexibility index (Phi) is 5.82. The molecule has 0 saturated carbocycles. The van der Waals surface area contributed by atoms with Gasteiger partial charge in [0.15, 0.2) is 5.78 Å². The number of benzene rings is 1. The van der Waals surface area contributed by atoms with Crippen molar-refractivity contribution >= 4 is 11.8 Å². The zero-order valence-corrected chi connectivity index (χ0v) is 15.6. The van der Waals surface area contributed by atoms with Gasteiger partial charge in [0.1, 0.15) is 5.76 Å². The summed E-state index contributed by atoms with van der Waals surface area (Å²) in [5, 5.41) is 0. The summed E-state index contributed by atoms with van der Waals surface area (Å²) >= 11 is 0. The maximum absolute atomic E-state index is 12.6. The SMILES string of the molecule is CC1=CCC=C(OC(=O)C2=CCC=C(C(=O)c3ccc(C)cc3)C=C2)C=C1. The molecule has 0 N–H and O–H groups in total. The molecule has 3 rings (SSSR count). The fourth-order valence-electron chi connectivity index (χ4n) is 2.77. The van der Waals surface area contributed by atoms with E-state index in [-0.39, 0.29) is 5.78 Å². The second-order valence-electron chi connectivity index (χ2n) is 6.60. The van der Waals surface area contributed by atoms with Gasteiger partial charge >= 0.3 is 5.97 Å². The Morgan fingerprint density at radius 3 is 2.22 bits per heavy atom. The van der Waals surface area contributed by atoms with Gasteiger partial charge in [0.25, 0.3) is 0 Å². The summed E-state index contributed by atoms with van der Waals surface area (Å²) in [6.45, 7) is 3.99. The van der Waals surface area contributed by atoms with Crippen molar-refractivity contribution in [2.24, 2.45) is 0 Å². The normalized spacial score (nSPS) is 16.4. The number of aryl methyl sites for hydroxylation is 1. The first kappa shape index (κ1) is 18.6. The average molecular weight is 358 g/mol. The molecule has 0 unspecified atom stereocenters. The fourth-order valence-corrected chi connectivity index (χ4v) is 2.77. The van der Waals surface area contributed by atoms with Crippen molar-refractivity contribution in [3.63, 3.8) is 0 Å². The molecule has 27 heavy (non-hydrogen) atoms. The lowest BCUT2D eigenvalue weighted by atomic mass is 10.0. The molecule has 3 heteroatoms. The summed E-state index contributed by atoms with van der Waals surface area (Å²) in [5.41, 5.74) is 3.90. The molecule has 0 radical (unpaired) electrons. The van der Waals surface area contributed by atoms with Crippen LogP contribution >= 0.6 is 0 Å². The minimum atomic E-state index is -0.417. The smallest absolute Gasteiger partial charge is 0.343 e. The number of hydrogen-bond donors (Lipinski definition) is 0. The van der Waals surface area contributed by atoms with E-state index < -0.39 is 5.97 Å². The van der Waals surface area contributed by atoms with Crippen LogP contribution < -0.4 is 0 Å². The van der Waals surface area contributed by atoms with Crippen LogP contribution in [0.25, 0.3) is 0 Å². The number of Topliss-reactive ketones (excluding diaryl/α,β-unsaturated/α-hetero) is 1. The third-order valence-corrected chi connectivity index (χ3v) is 4.41. The molecule has 1 aromatic carbocycles. The number of rotatable bonds is 4. The van der Waals surface area contributed by atoms with Gasteiger partial charge < -0.3 is 4.74 Å². The molecule has 0 spiro atoms. The van der Waals surface area contributed by atoms with E-state index in [0.29, 0.717) is 28.9 Å². The second-order valence-corrected chi connectivity index (χ2v) is 6.60. The van der Waals surface area contributed by atoms with E-state index in [2.05, 4.69) is 6.08 Å². The van der Waals surface area contributed by atoms with Crippen LogP contribution in [0, 0.1) is 6.92 Å². The number of ether oxygens (including phenoxy) is 1. The number of carbonyl (C=O) groups excluding carboxylic acids is 2. The zero-order valence-electron chi connectivity index (χ0n) is 15.6. The number of carbonyl (C=O) groups is 2. The van der Waals surface area contributed by atoms with Gasteiger partial charge in [-0.25, -0.2) is 4.79 Å². The van der Waals surface area contributed by atoms with Crippen molar-refractivity contribution in [2.45, 2.75) is 26.7 Å². The highest BCUT2D eigenvalue weighted by Crippen LogP contribution is 2.19. The zero-order chi connectivity index (χ0) is 19.2. The topological polar surface area (TPSA) is 43.4 Å². The highest BCUT2D eigenvalue weighted by Gasteiger charge is 2.15. The van der Waals surface area contributed by atoms with E-state index >= 15 is 0 Å². The summed E-state index contributed by atoms with van der Waals surface area (Å²) in [6.07, 6.45) is 15.8. The number of allylic oxidation sites excluding steroid dienone is 9. The lowest BCUT2D eigenvalue weighted by Gasteiger charge is -2.05.